The molecule has 0 fully saturated rings. The molecule has 3 rings (SSSR count). The predicted octanol–water partition coefficient (Wildman–Crippen LogP) is 2.99. The van der Waals surface area contributed by atoms with E-state index < -0.39 is 0 Å². The van der Waals surface area contributed by atoms with Gasteiger partial charge in [-0.2, -0.15) is 5.10 Å². The Morgan fingerprint density at radius 2 is 2.08 bits per heavy atom. The highest BCUT2D eigenvalue weighted by atomic mass is 16.2. The smallest absolute Gasteiger partial charge is 0.321 e. The Hall–Kier alpha value is -3.22. The Labute approximate surface area is 152 Å². The maximum Gasteiger partial charge on any atom is 0.321 e. The van der Waals surface area contributed by atoms with E-state index in [0.29, 0.717) is 18.7 Å². The number of nitrogens with zero attached hydrogens (tertiary/aromatic N) is 5. The third kappa shape index (κ3) is 4.24. The number of likely N-dealkylation sites (N-methyl/N-ethyl adjacent to an activating group) is 1. The van der Waals surface area contributed by atoms with Crippen LogP contribution in [0.1, 0.15) is 16.8 Å². The number of aromatic nitrogens is 4. The van der Waals surface area contributed by atoms with Gasteiger partial charge in [0.05, 0.1) is 29.5 Å². The highest BCUT2D eigenvalue weighted by molar-refractivity contribution is 5.88. The molecule has 0 saturated heterocycles. The molecule has 3 aromatic rings. The number of nitrogens with one attached hydrogen (secondary N) is 1. The number of hydrogen-bond acceptors (Lipinski definition) is 4. The molecular weight excluding hydrogens is 328 g/mol. The number of aryl methyl sites for hydroxylation is 2. The molecule has 1 N–H and O–H groups in total. The number of rotatable bonds is 5. The van der Waals surface area contributed by atoms with Gasteiger partial charge in [0.2, 0.25) is 0 Å². The summed E-state index contributed by atoms with van der Waals surface area (Å²) in [4.78, 5) is 22.2. The molecule has 0 saturated carbocycles. The number of hydrogen-bond donors (Lipinski definition) is 1. The number of amides is 2. The van der Waals surface area contributed by atoms with Gasteiger partial charge in [-0.05, 0) is 25.5 Å². The quantitative estimate of drug-likeness (QED) is 0.767. The first-order chi connectivity index (χ1) is 12.5. The van der Waals surface area contributed by atoms with Crippen molar-refractivity contribution in [2.45, 2.75) is 20.3 Å². The van der Waals surface area contributed by atoms with Crippen LogP contribution in [0.5, 0.6) is 0 Å². The van der Waals surface area contributed by atoms with Gasteiger partial charge < -0.3 is 10.2 Å². The van der Waals surface area contributed by atoms with Gasteiger partial charge in [0.15, 0.2) is 0 Å². The molecule has 0 bridgehead atoms. The Morgan fingerprint density at radius 1 is 1.23 bits per heavy atom. The molecule has 26 heavy (non-hydrogen) atoms. The molecule has 2 aromatic heterocycles. The van der Waals surface area contributed by atoms with Crippen LogP contribution in [-0.4, -0.2) is 44.3 Å². The third-order valence-corrected chi connectivity index (χ3v) is 4.10. The highest BCUT2D eigenvalue weighted by Gasteiger charge is 2.11. The Morgan fingerprint density at radius 3 is 2.81 bits per heavy atom. The first kappa shape index (κ1) is 17.6. The van der Waals surface area contributed by atoms with Gasteiger partial charge in [-0.3, -0.25) is 9.97 Å². The topological polar surface area (TPSA) is 75.9 Å². The average Bonchev–Trinajstić information content (AvgIpc) is 3.08. The molecule has 1 aromatic carbocycles. The first-order valence-corrected chi connectivity index (χ1v) is 8.42. The van der Waals surface area contributed by atoms with Crippen molar-refractivity contribution in [2.24, 2.45) is 0 Å². The van der Waals surface area contributed by atoms with Gasteiger partial charge in [0.25, 0.3) is 0 Å². The lowest BCUT2D eigenvalue weighted by Gasteiger charge is -2.16. The van der Waals surface area contributed by atoms with E-state index in [0.717, 1.165) is 16.9 Å². The molecule has 0 atom stereocenters. The van der Waals surface area contributed by atoms with Crippen LogP contribution in [0, 0.1) is 13.8 Å². The molecule has 7 heteroatoms. The van der Waals surface area contributed by atoms with Crippen molar-refractivity contribution in [3.05, 3.63) is 66.0 Å². The van der Waals surface area contributed by atoms with E-state index in [4.69, 9.17) is 0 Å². The molecule has 2 amide bonds. The molecule has 0 spiro atoms. The summed E-state index contributed by atoms with van der Waals surface area (Å²) in [6, 6.07) is 5.99. The summed E-state index contributed by atoms with van der Waals surface area (Å²) in [5, 5.41) is 7.21. The lowest BCUT2D eigenvalue weighted by atomic mass is 10.1. The summed E-state index contributed by atoms with van der Waals surface area (Å²) >= 11 is 0. The summed E-state index contributed by atoms with van der Waals surface area (Å²) < 4.78 is 1.77. The average molecular weight is 350 g/mol. The number of carbonyl (C=O) groups excluding carboxylic acids is 1. The van der Waals surface area contributed by atoms with E-state index in [-0.39, 0.29) is 6.03 Å². The lowest BCUT2D eigenvalue weighted by Crippen LogP contribution is -2.33. The summed E-state index contributed by atoms with van der Waals surface area (Å²) in [7, 11) is 1.75. The largest absolute Gasteiger partial charge is 0.327 e. The van der Waals surface area contributed by atoms with Crippen LogP contribution < -0.4 is 5.32 Å². The van der Waals surface area contributed by atoms with Crippen LogP contribution in [0.3, 0.4) is 0 Å². The Bertz CT molecular complexity index is 890. The van der Waals surface area contributed by atoms with E-state index in [1.807, 2.05) is 25.3 Å². The van der Waals surface area contributed by atoms with Crippen molar-refractivity contribution < 1.29 is 4.79 Å². The number of carbonyl (C=O) groups is 1. The van der Waals surface area contributed by atoms with Gasteiger partial charge in [0.1, 0.15) is 0 Å². The zero-order valence-corrected chi connectivity index (χ0v) is 15.2. The van der Waals surface area contributed by atoms with Gasteiger partial charge in [-0.25, -0.2) is 9.48 Å². The molecule has 0 unspecified atom stereocenters. The van der Waals surface area contributed by atoms with Crippen LogP contribution in [0.15, 0.2) is 49.2 Å². The fraction of sp³-hybridized carbons (Fsp3) is 0.263. The van der Waals surface area contributed by atoms with Crippen molar-refractivity contribution in [1.29, 1.82) is 0 Å². The van der Waals surface area contributed by atoms with Crippen LogP contribution in [0.25, 0.3) is 5.69 Å². The van der Waals surface area contributed by atoms with Gasteiger partial charge in [-0.1, -0.05) is 17.7 Å². The first-order valence-electron chi connectivity index (χ1n) is 8.42. The van der Waals surface area contributed by atoms with Gasteiger partial charge in [0, 0.05) is 38.6 Å². The fourth-order valence-corrected chi connectivity index (χ4v) is 2.64. The van der Waals surface area contributed by atoms with E-state index in [9.17, 15) is 4.79 Å². The number of anilines is 1. The zero-order chi connectivity index (χ0) is 18.5. The van der Waals surface area contributed by atoms with Crippen LogP contribution in [0.4, 0.5) is 10.5 Å². The van der Waals surface area contributed by atoms with Gasteiger partial charge in [-0.15, -0.1) is 0 Å². The maximum absolute atomic E-state index is 12.3. The SMILES string of the molecule is Cc1ccc(-n2cc(NC(=O)N(C)CCc3cnccn3)cn2)c(C)c1. The monoisotopic (exact) mass is 350 g/mol. The summed E-state index contributed by atoms with van der Waals surface area (Å²) in [5.41, 5.74) is 4.84. The molecular formula is C19H22N6O. The second-order valence-electron chi connectivity index (χ2n) is 6.26. The second kappa shape index (κ2) is 7.77. The van der Waals surface area contributed by atoms with E-state index in [1.165, 1.54) is 5.56 Å². The maximum atomic E-state index is 12.3. The number of benzene rings is 1. The minimum atomic E-state index is -0.186. The van der Waals surface area contributed by atoms with Crippen molar-refractivity contribution in [2.75, 3.05) is 18.9 Å². The Balaban J connectivity index is 1.60. The molecule has 134 valence electrons. The summed E-state index contributed by atoms with van der Waals surface area (Å²) in [5.74, 6) is 0. The standard InChI is InChI=1S/C19H22N6O/c1-14-4-5-18(15(2)10-14)25-13-17(12-22-25)23-19(26)24(3)9-6-16-11-20-7-8-21-16/h4-5,7-8,10-13H,6,9H2,1-3H3,(H,23,26). The van der Waals surface area contributed by atoms with Crippen molar-refractivity contribution in [3.8, 4) is 5.69 Å². The molecule has 2 heterocycles. The molecule has 0 aliphatic heterocycles. The van der Waals surface area contributed by atoms with Crippen LogP contribution in [0.2, 0.25) is 0 Å². The zero-order valence-electron chi connectivity index (χ0n) is 15.2. The third-order valence-electron chi connectivity index (χ3n) is 4.10. The van der Waals surface area contributed by atoms with Crippen LogP contribution >= 0.6 is 0 Å². The normalized spacial score (nSPS) is 10.6. The molecule has 0 aliphatic carbocycles. The predicted molar refractivity (Wildman–Crippen MR) is 100 cm³/mol. The molecule has 0 radical (unpaired) electrons. The van der Waals surface area contributed by atoms with Crippen LogP contribution in [-0.2, 0) is 6.42 Å². The highest BCUT2D eigenvalue weighted by Crippen LogP contribution is 2.17. The second-order valence-corrected chi connectivity index (χ2v) is 6.26. The Kier molecular flexibility index (Phi) is 5.26. The van der Waals surface area contributed by atoms with E-state index in [2.05, 4.69) is 33.4 Å². The van der Waals surface area contributed by atoms with Crippen molar-refractivity contribution in [3.63, 3.8) is 0 Å². The minimum absolute atomic E-state index is 0.186. The summed E-state index contributed by atoms with van der Waals surface area (Å²) in [6.07, 6.45) is 9.10. The van der Waals surface area contributed by atoms with E-state index >= 15 is 0 Å². The fourth-order valence-electron chi connectivity index (χ4n) is 2.64. The summed E-state index contributed by atoms with van der Waals surface area (Å²) in [6.45, 7) is 4.65. The minimum Gasteiger partial charge on any atom is -0.327 e. The molecule has 0 aliphatic rings. The lowest BCUT2D eigenvalue weighted by molar-refractivity contribution is 0.223. The van der Waals surface area contributed by atoms with Gasteiger partial charge >= 0.3 is 6.03 Å². The van der Waals surface area contributed by atoms with E-state index in [1.54, 1.807) is 41.4 Å². The van der Waals surface area contributed by atoms with Crippen molar-refractivity contribution in [1.82, 2.24) is 24.6 Å². The number of urea groups is 1. The van der Waals surface area contributed by atoms with Crippen molar-refractivity contribution >= 4 is 11.7 Å². The molecule has 7 nitrogen and oxygen atoms in total.